The summed E-state index contributed by atoms with van der Waals surface area (Å²) in [5, 5.41) is 0. The Morgan fingerprint density at radius 2 is 1.67 bits per heavy atom. The number of halogens is 5. The number of anilines is 1. The Balaban J connectivity index is 2.47. The molecule has 0 spiro atoms. The van der Waals surface area contributed by atoms with Crippen molar-refractivity contribution < 1.29 is 21.6 Å². The minimum absolute atomic E-state index is 0.199. The largest absolute Gasteiger partial charge is 0.276 e. The van der Waals surface area contributed by atoms with Crippen LogP contribution in [0.4, 0.5) is 18.9 Å². The van der Waals surface area contributed by atoms with Gasteiger partial charge >= 0.3 is 0 Å². The molecule has 0 radical (unpaired) electrons. The van der Waals surface area contributed by atoms with E-state index in [0.29, 0.717) is 16.6 Å². The van der Waals surface area contributed by atoms with Crippen LogP contribution in [0.1, 0.15) is 0 Å². The zero-order valence-electron chi connectivity index (χ0n) is 10.0. The van der Waals surface area contributed by atoms with Crippen molar-refractivity contribution in [3.8, 4) is 0 Å². The van der Waals surface area contributed by atoms with Crippen molar-refractivity contribution in [2.45, 2.75) is 4.90 Å². The first-order valence-electron chi connectivity index (χ1n) is 5.33. The van der Waals surface area contributed by atoms with Crippen molar-refractivity contribution in [1.82, 2.24) is 0 Å². The van der Waals surface area contributed by atoms with Gasteiger partial charge in [0, 0.05) is 21.1 Å². The van der Waals surface area contributed by atoms with Gasteiger partial charge in [-0.2, -0.15) is 0 Å². The van der Waals surface area contributed by atoms with E-state index in [0.717, 1.165) is 0 Å². The fraction of sp³-hybridized carbons (Fsp3) is 0. The summed E-state index contributed by atoms with van der Waals surface area (Å²) in [7, 11) is -4.21. The van der Waals surface area contributed by atoms with Gasteiger partial charge < -0.3 is 0 Å². The molecule has 0 amide bonds. The zero-order chi connectivity index (χ0) is 15.8. The SMILES string of the molecule is O=S(=O)(Nc1cc(F)cc(F)c1F)c1ccc(Br)cc1Br. The van der Waals surface area contributed by atoms with Gasteiger partial charge in [-0.25, -0.2) is 21.6 Å². The lowest BCUT2D eigenvalue weighted by Crippen LogP contribution is -2.15. The Hall–Kier alpha value is -1.06. The molecule has 1 N–H and O–H groups in total. The van der Waals surface area contributed by atoms with Crippen LogP contribution in [0.5, 0.6) is 0 Å². The number of sulfonamides is 1. The van der Waals surface area contributed by atoms with Crippen molar-refractivity contribution >= 4 is 47.6 Å². The Kier molecular flexibility index (Phi) is 4.64. The molecular formula is C12H6Br2F3NO2S. The molecule has 2 aromatic rings. The molecule has 0 fully saturated rings. The van der Waals surface area contributed by atoms with Crippen LogP contribution in [0.25, 0.3) is 0 Å². The molecule has 9 heteroatoms. The molecule has 0 heterocycles. The second-order valence-electron chi connectivity index (χ2n) is 3.93. The molecule has 0 aliphatic rings. The summed E-state index contributed by atoms with van der Waals surface area (Å²) in [4.78, 5) is -0.199. The lowest BCUT2D eigenvalue weighted by atomic mass is 10.3. The second kappa shape index (κ2) is 5.98. The highest BCUT2D eigenvalue weighted by atomic mass is 79.9. The standard InChI is InChI=1S/C12H6Br2F3NO2S/c13-6-1-2-11(8(14)3-6)21(19,20)18-10-5-7(15)4-9(16)12(10)17/h1-5,18H. The molecule has 21 heavy (non-hydrogen) atoms. The number of hydrogen-bond donors (Lipinski definition) is 1. The molecule has 0 atom stereocenters. The van der Waals surface area contributed by atoms with E-state index in [4.69, 9.17) is 0 Å². The Morgan fingerprint density at radius 3 is 2.29 bits per heavy atom. The predicted molar refractivity (Wildman–Crippen MR) is 79.0 cm³/mol. The summed E-state index contributed by atoms with van der Waals surface area (Å²) < 4.78 is 66.6. The molecule has 0 aromatic heterocycles. The summed E-state index contributed by atoms with van der Waals surface area (Å²) in [6, 6.07) is 5.06. The third kappa shape index (κ3) is 3.58. The van der Waals surface area contributed by atoms with Crippen LogP contribution in [0.15, 0.2) is 44.2 Å². The van der Waals surface area contributed by atoms with Crippen LogP contribution in [0.2, 0.25) is 0 Å². The van der Waals surface area contributed by atoms with Gasteiger partial charge in [-0.15, -0.1) is 0 Å². The summed E-state index contributed by atoms with van der Waals surface area (Å²) in [6.07, 6.45) is 0. The van der Waals surface area contributed by atoms with Crippen molar-refractivity contribution in [2.24, 2.45) is 0 Å². The average molecular weight is 445 g/mol. The molecule has 0 unspecified atom stereocenters. The predicted octanol–water partition coefficient (Wildman–Crippen LogP) is 4.43. The summed E-state index contributed by atoms with van der Waals surface area (Å²) in [5.41, 5.74) is -0.803. The summed E-state index contributed by atoms with van der Waals surface area (Å²) in [5.74, 6) is -4.06. The van der Waals surface area contributed by atoms with Crippen molar-refractivity contribution in [1.29, 1.82) is 0 Å². The van der Waals surface area contributed by atoms with Gasteiger partial charge in [0.05, 0.1) is 5.69 Å². The van der Waals surface area contributed by atoms with Gasteiger partial charge in [0.2, 0.25) is 0 Å². The van der Waals surface area contributed by atoms with E-state index < -0.39 is 33.2 Å². The molecule has 112 valence electrons. The molecule has 3 nitrogen and oxygen atoms in total. The second-order valence-corrected chi connectivity index (χ2v) is 7.35. The van der Waals surface area contributed by atoms with Crippen LogP contribution in [-0.4, -0.2) is 8.42 Å². The molecule has 0 aliphatic carbocycles. The van der Waals surface area contributed by atoms with Crippen LogP contribution in [0.3, 0.4) is 0 Å². The average Bonchev–Trinajstić information content (AvgIpc) is 2.34. The molecule has 0 saturated carbocycles. The maximum Gasteiger partial charge on any atom is 0.263 e. The van der Waals surface area contributed by atoms with Gasteiger partial charge in [0.1, 0.15) is 10.7 Å². The van der Waals surface area contributed by atoms with E-state index in [2.05, 4.69) is 31.9 Å². The van der Waals surface area contributed by atoms with Gasteiger partial charge in [0.25, 0.3) is 10.0 Å². The fourth-order valence-corrected chi connectivity index (χ4v) is 4.32. The maximum absolute atomic E-state index is 13.5. The molecule has 0 saturated heterocycles. The number of rotatable bonds is 3. The van der Waals surface area contributed by atoms with Crippen molar-refractivity contribution in [2.75, 3.05) is 4.72 Å². The fourth-order valence-electron chi connectivity index (χ4n) is 1.52. The third-order valence-corrected chi connectivity index (χ3v) is 5.26. The van der Waals surface area contributed by atoms with E-state index in [1.807, 2.05) is 4.72 Å². The van der Waals surface area contributed by atoms with E-state index in [-0.39, 0.29) is 9.37 Å². The van der Waals surface area contributed by atoms with E-state index in [1.54, 1.807) is 0 Å². The molecule has 2 aromatic carbocycles. The zero-order valence-corrected chi connectivity index (χ0v) is 14.0. The minimum atomic E-state index is -4.21. The Morgan fingerprint density at radius 1 is 1.00 bits per heavy atom. The number of hydrogen-bond acceptors (Lipinski definition) is 2. The number of benzene rings is 2. The minimum Gasteiger partial charge on any atom is -0.276 e. The van der Waals surface area contributed by atoms with Gasteiger partial charge in [0.15, 0.2) is 11.6 Å². The molecule has 0 aliphatic heterocycles. The van der Waals surface area contributed by atoms with Gasteiger partial charge in [-0.1, -0.05) is 15.9 Å². The Bertz CT molecular complexity index is 812. The van der Waals surface area contributed by atoms with Gasteiger partial charge in [-0.3, -0.25) is 4.72 Å². The first-order chi connectivity index (χ1) is 9.70. The maximum atomic E-state index is 13.5. The van der Waals surface area contributed by atoms with E-state index in [1.165, 1.54) is 18.2 Å². The normalized spacial score (nSPS) is 11.5. The third-order valence-electron chi connectivity index (χ3n) is 2.42. The first kappa shape index (κ1) is 16.3. The molecule has 0 bridgehead atoms. The quantitative estimate of drug-likeness (QED) is 0.712. The highest BCUT2D eigenvalue weighted by molar-refractivity contribution is 9.11. The summed E-state index contributed by atoms with van der Waals surface area (Å²) >= 11 is 6.21. The van der Waals surface area contributed by atoms with Crippen LogP contribution in [0, 0.1) is 17.5 Å². The highest BCUT2D eigenvalue weighted by Gasteiger charge is 2.21. The summed E-state index contributed by atoms with van der Waals surface area (Å²) in [6.45, 7) is 0. The number of nitrogens with one attached hydrogen (secondary N) is 1. The smallest absolute Gasteiger partial charge is 0.263 e. The Labute approximate surface area is 135 Å². The highest BCUT2D eigenvalue weighted by Crippen LogP contribution is 2.28. The topological polar surface area (TPSA) is 46.2 Å². The van der Waals surface area contributed by atoms with E-state index >= 15 is 0 Å². The van der Waals surface area contributed by atoms with Gasteiger partial charge in [-0.05, 0) is 34.1 Å². The lowest BCUT2D eigenvalue weighted by molar-refractivity contribution is 0.498. The monoisotopic (exact) mass is 443 g/mol. The molecule has 2 rings (SSSR count). The lowest BCUT2D eigenvalue weighted by Gasteiger charge is -2.11. The van der Waals surface area contributed by atoms with Crippen molar-refractivity contribution in [3.05, 3.63) is 56.7 Å². The first-order valence-corrected chi connectivity index (χ1v) is 8.40. The van der Waals surface area contributed by atoms with Crippen LogP contribution in [-0.2, 0) is 10.0 Å². The van der Waals surface area contributed by atoms with Crippen molar-refractivity contribution in [3.63, 3.8) is 0 Å². The van der Waals surface area contributed by atoms with Crippen LogP contribution < -0.4 is 4.72 Å². The molecular weight excluding hydrogens is 439 g/mol. The van der Waals surface area contributed by atoms with Crippen LogP contribution >= 0.6 is 31.9 Å². The van der Waals surface area contributed by atoms with E-state index in [9.17, 15) is 21.6 Å².